The van der Waals surface area contributed by atoms with Crippen LogP contribution in [0, 0.1) is 11.8 Å². The molecule has 1 fully saturated rings. The van der Waals surface area contributed by atoms with Gasteiger partial charge in [-0.05, 0) is 88.2 Å². The molecule has 0 aliphatic carbocycles. The predicted octanol–water partition coefficient (Wildman–Crippen LogP) is 5.37. The van der Waals surface area contributed by atoms with E-state index in [2.05, 4.69) is 42.0 Å². The highest BCUT2D eigenvalue weighted by atomic mass is 16.5. The fourth-order valence-corrected chi connectivity index (χ4v) is 5.13. The number of methoxy groups -OCH3 is 1. The first kappa shape index (κ1) is 36.2. The third kappa shape index (κ3) is 11.3. The van der Waals surface area contributed by atoms with Gasteiger partial charge in [-0.15, -0.1) is 0 Å². The van der Waals surface area contributed by atoms with Crippen molar-refractivity contribution in [1.82, 2.24) is 24.2 Å². The molecule has 0 unspecified atom stereocenters. The van der Waals surface area contributed by atoms with E-state index in [9.17, 15) is 4.79 Å². The zero-order chi connectivity index (χ0) is 32.5. The number of likely N-dealkylation sites (tertiary alicyclic amines) is 1. The molecule has 44 heavy (non-hydrogen) atoms. The van der Waals surface area contributed by atoms with Gasteiger partial charge in [0.2, 0.25) is 5.88 Å². The number of rotatable bonds is 13. The highest BCUT2D eigenvalue weighted by Gasteiger charge is 2.21. The van der Waals surface area contributed by atoms with Gasteiger partial charge in [0.25, 0.3) is 18.9 Å². The Balaban J connectivity index is 0.00000104. The molecule has 0 saturated carbocycles. The highest BCUT2D eigenvalue weighted by Crippen LogP contribution is 2.27. The molecular weight excluding hydrogens is 562 g/mol. The molecule has 0 atom stereocenters. The Morgan fingerprint density at radius 1 is 1.00 bits per heavy atom. The standard InChI is InChI=1S/C31H45N5O2.2CH2O2/c1-23(2)14-19-35(20-15-24(3)4)31(37)26-10-12-28-33-30(25-11-13-29(38-5)32-21-25)27(36(28)22-26)9-8-18-34-16-6-7-17-34;2*2-1-3/h10-13,21-24H,6-9,14-20H2,1-5H3;2*1H,(H,2,3). The Labute approximate surface area is 260 Å². The van der Waals surface area contributed by atoms with Crippen LogP contribution in [0.5, 0.6) is 5.88 Å². The maximum atomic E-state index is 13.7. The second-order valence-electron chi connectivity index (χ2n) is 11.7. The van der Waals surface area contributed by atoms with Gasteiger partial charge in [0.15, 0.2) is 0 Å². The summed E-state index contributed by atoms with van der Waals surface area (Å²) in [5.74, 6) is 1.81. The average molecular weight is 612 g/mol. The molecule has 242 valence electrons. The van der Waals surface area contributed by atoms with Gasteiger partial charge in [0, 0.05) is 37.1 Å². The van der Waals surface area contributed by atoms with Crippen molar-refractivity contribution in [2.24, 2.45) is 11.8 Å². The summed E-state index contributed by atoms with van der Waals surface area (Å²) in [5, 5.41) is 13.8. The van der Waals surface area contributed by atoms with Gasteiger partial charge in [-0.25, -0.2) is 9.97 Å². The van der Waals surface area contributed by atoms with Gasteiger partial charge in [-0.1, -0.05) is 27.7 Å². The van der Waals surface area contributed by atoms with Crippen LogP contribution in [-0.4, -0.2) is 93.1 Å². The van der Waals surface area contributed by atoms with Crippen molar-refractivity contribution in [3.05, 3.63) is 47.9 Å². The van der Waals surface area contributed by atoms with E-state index in [4.69, 9.17) is 29.5 Å². The number of hydrogen-bond acceptors (Lipinski definition) is 7. The summed E-state index contributed by atoms with van der Waals surface area (Å²) >= 11 is 0. The van der Waals surface area contributed by atoms with E-state index in [1.807, 2.05) is 41.6 Å². The Kier molecular flexibility index (Phi) is 15.9. The number of hydrogen-bond donors (Lipinski definition) is 2. The number of pyridine rings is 2. The number of aryl methyl sites for hydroxylation is 1. The molecule has 11 nitrogen and oxygen atoms in total. The summed E-state index contributed by atoms with van der Waals surface area (Å²) in [6.45, 7) is 13.4. The molecule has 1 amide bonds. The Morgan fingerprint density at radius 2 is 1.61 bits per heavy atom. The summed E-state index contributed by atoms with van der Waals surface area (Å²) < 4.78 is 7.40. The van der Waals surface area contributed by atoms with E-state index in [0.717, 1.165) is 73.5 Å². The molecule has 1 aliphatic rings. The van der Waals surface area contributed by atoms with Crippen LogP contribution in [0.25, 0.3) is 16.9 Å². The first-order chi connectivity index (χ1) is 21.2. The minimum Gasteiger partial charge on any atom is -0.483 e. The number of imidazole rings is 1. The van der Waals surface area contributed by atoms with Crippen LogP contribution >= 0.6 is 0 Å². The van der Waals surface area contributed by atoms with Crippen molar-refractivity contribution in [1.29, 1.82) is 0 Å². The number of carboxylic acid groups (broad SMARTS) is 2. The van der Waals surface area contributed by atoms with Crippen molar-refractivity contribution in [3.63, 3.8) is 0 Å². The quantitative estimate of drug-likeness (QED) is 0.244. The monoisotopic (exact) mass is 611 g/mol. The van der Waals surface area contributed by atoms with Crippen molar-refractivity contribution in [2.45, 2.75) is 66.2 Å². The van der Waals surface area contributed by atoms with Crippen LogP contribution in [0.2, 0.25) is 0 Å². The summed E-state index contributed by atoms with van der Waals surface area (Å²) in [4.78, 5) is 44.5. The average Bonchev–Trinajstić information content (AvgIpc) is 3.65. The first-order valence-electron chi connectivity index (χ1n) is 15.4. The zero-order valence-corrected chi connectivity index (χ0v) is 26.8. The van der Waals surface area contributed by atoms with E-state index in [-0.39, 0.29) is 18.9 Å². The lowest BCUT2D eigenvalue weighted by Crippen LogP contribution is -2.34. The summed E-state index contributed by atoms with van der Waals surface area (Å²) in [6, 6.07) is 7.82. The molecule has 2 N–H and O–H groups in total. The third-order valence-electron chi connectivity index (χ3n) is 7.51. The molecule has 3 aromatic rings. The van der Waals surface area contributed by atoms with E-state index in [1.54, 1.807) is 7.11 Å². The van der Waals surface area contributed by atoms with Crippen LogP contribution in [0.1, 0.15) is 75.9 Å². The van der Waals surface area contributed by atoms with Gasteiger partial charge < -0.3 is 29.2 Å². The Hall–Kier alpha value is -3.99. The minimum atomic E-state index is -0.250. The largest absolute Gasteiger partial charge is 0.483 e. The second-order valence-corrected chi connectivity index (χ2v) is 11.7. The SMILES string of the molecule is COc1ccc(-c2nc3ccc(C(=O)N(CCC(C)C)CCC(C)C)cn3c2CCCN2CCCC2)cn1.O=CO.O=CO. The zero-order valence-electron chi connectivity index (χ0n) is 26.8. The molecule has 1 aliphatic heterocycles. The number of carbonyl (C=O) groups excluding carboxylic acids is 1. The smallest absolute Gasteiger partial charge is 0.290 e. The van der Waals surface area contributed by atoms with Crippen molar-refractivity contribution < 1.29 is 29.3 Å². The second kappa shape index (κ2) is 19.3. The summed E-state index contributed by atoms with van der Waals surface area (Å²) in [5.41, 5.74) is 4.62. The minimum absolute atomic E-state index is 0.109. The lowest BCUT2D eigenvalue weighted by atomic mass is 10.1. The van der Waals surface area contributed by atoms with Gasteiger partial charge in [0.1, 0.15) is 5.65 Å². The van der Waals surface area contributed by atoms with E-state index in [0.29, 0.717) is 17.7 Å². The maximum absolute atomic E-state index is 13.7. The van der Waals surface area contributed by atoms with Crippen molar-refractivity contribution >= 4 is 24.5 Å². The number of fused-ring (bicyclic) bond motifs is 1. The number of ether oxygens (including phenoxy) is 1. The van der Waals surface area contributed by atoms with Gasteiger partial charge in [0.05, 0.1) is 24.1 Å². The molecule has 11 heteroatoms. The van der Waals surface area contributed by atoms with Gasteiger partial charge >= 0.3 is 0 Å². The van der Waals surface area contributed by atoms with E-state index < -0.39 is 0 Å². The van der Waals surface area contributed by atoms with Crippen LogP contribution in [0.15, 0.2) is 36.7 Å². The van der Waals surface area contributed by atoms with Gasteiger partial charge in [-0.2, -0.15) is 0 Å². The lowest BCUT2D eigenvalue weighted by Gasteiger charge is -2.24. The molecule has 0 spiro atoms. The summed E-state index contributed by atoms with van der Waals surface area (Å²) in [7, 11) is 1.63. The fraction of sp³-hybridized carbons (Fsp3) is 0.545. The fourth-order valence-electron chi connectivity index (χ4n) is 5.13. The molecule has 0 aromatic carbocycles. The molecule has 4 heterocycles. The molecule has 1 saturated heterocycles. The first-order valence-corrected chi connectivity index (χ1v) is 15.4. The van der Waals surface area contributed by atoms with E-state index >= 15 is 0 Å². The number of nitrogens with zero attached hydrogens (tertiary/aromatic N) is 5. The molecule has 4 rings (SSSR count). The number of carbonyl (C=O) groups is 3. The Bertz CT molecular complexity index is 1270. The van der Waals surface area contributed by atoms with Crippen LogP contribution in [-0.2, 0) is 16.0 Å². The molecule has 0 bridgehead atoms. The Morgan fingerprint density at radius 3 is 2.14 bits per heavy atom. The third-order valence-corrected chi connectivity index (χ3v) is 7.51. The maximum Gasteiger partial charge on any atom is 0.290 e. The number of amides is 1. The molecular formula is C33H49N5O6. The predicted molar refractivity (Wildman–Crippen MR) is 171 cm³/mol. The topological polar surface area (TPSA) is 138 Å². The molecule has 3 aromatic heterocycles. The normalized spacial score (nSPS) is 12.8. The van der Waals surface area contributed by atoms with Crippen LogP contribution < -0.4 is 4.74 Å². The van der Waals surface area contributed by atoms with Crippen LogP contribution in [0.3, 0.4) is 0 Å². The van der Waals surface area contributed by atoms with Crippen molar-refractivity contribution in [2.75, 3.05) is 39.8 Å². The van der Waals surface area contributed by atoms with Crippen molar-refractivity contribution in [3.8, 4) is 17.1 Å². The highest BCUT2D eigenvalue weighted by molar-refractivity contribution is 5.94. The number of aromatic nitrogens is 3. The summed E-state index contributed by atoms with van der Waals surface area (Å²) in [6.07, 6.45) is 10.4. The molecule has 0 radical (unpaired) electrons. The van der Waals surface area contributed by atoms with Gasteiger partial charge in [-0.3, -0.25) is 14.4 Å². The van der Waals surface area contributed by atoms with Crippen LogP contribution in [0.4, 0.5) is 0 Å². The lowest BCUT2D eigenvalue weighted by molar-refractivity contribution is -0.123. The van der Waals surface area contributed by atoms with E-state index in [1.165, 1.54) is 25.9 Å².